The summed E-state index contributed by atoms with van der Waals surface area (Å²) in [5.41, 5.74) is 4.04. The van der Waals surface area contributed by atoms with Crippen LogP contribution in [-0.2, 0) is 0 Å². The van der Waals surface area contributed by atoms with Gasteiger partial charge in [-0.3, -0.25) is 0 Å². The molecular formula is C17H17NO. The maximum Gasteiger partial charge on any atom is 0.128 e. The van der Waals surface area contributed by atoms with Crippen molar-refractivity contribution in [1.29, 1.82) is 5.26 Å². The number of nitrogens with zero attached hydrogens (tertiary/aromatic N) is 1. The monoisotopic (exact) mass is 251 g/mol. The molecule has 0 atom stereocenters. The fourth-order valence-corrected chi connectivity index (χ4v) is 2.06. The zero-order valence-corrected chi connectivity index (χ0v) is 11.5. The molecule has 19 heavy (non-hydrogen) atoms. The van der Waals surface area contributed by atoms with E-state index in [9.17, 15) is 0 Å². The normalized spacial score (nSPS) is 10.3. The van der Waals surface area contributed by atoms with Gasteiger partial charge in [-0.1, -0.05) is 38.1 Å². The molecule has 0 saturated carbocycles. The second-order valence-corrected chi connectivity index (χ2v) is 4.81. The van der Waals surface area contributed by atoms with Gasteiger partial charge in [0.25, 0.3) is 0 Å². The summed E-state index contributed by atoms with van der Waals surface area (Å²) in [5, 5.41) is 8.93. The van der Waals surface area contributed by atoms with Crippen molar-refractivity contribution in [3.63, 3.8) is 0 Å². The van der Waals surface area contributed by atoms with Crippen LogP contribution in [0.15, 0.2) is 42.5 Å². The molecule has 2 nitrogen and oxygen atoms in total. The van der Waals surface area contributed by atoms with E-state index >= 15 is 0 Å². The van der Waals surface area contributed by atoms with Crippen molar-refractivity contribution in [3.8, 4) is 22.9 Å². The molecule has 0 fully saturated rings. The Balaban J connectivity index is 2.52. The third-order valence-electron chi connectivity index (χ3n) is 3.19. The van der Waals surface area contributed by atoms with Crippen LogP contribution in [0.2, 0.25) is 0 Å². The number of nitriles is 1. The Hall–Kier alpha value is -2.27. The lowest BCUT2D eigenvalue weighted by atomic mass is 9.96. The van der Waals surface area contributed by atoms with Gasteiger partial charge in [-0.05, 0) is 35.2 Å². The van der Waals surface area contributed by atoms with Crippen LogP contribution in [0.5, 0.6) is 5.75 Å². The summed E-state index contributed by atoms with van der Waals surface area (Å²) in [5.74, 6) is 1.23. The highest BCUT2D eigenvalue weighted by atomic mass is 16.5. The fourth-order valence-electron chi connectivity index (χ4n) is 2.06. The van der Waals surface area contributed by atoms with Gasteiger partial charge < -0.3 is 4.74 Å². The Bertz CT molecular complexity index is 623. The molecule has 0 aromatic heterocycles. The predicted octanol–water partition coefficient (Wildman–Crippen LogP) is 4.36. The summed E-state index contributed by atoms with van der Waals surface area (Å²) in [6.45, 7) is 4.35. The van der Waals surface area contributed by atoms with Gasteiger partial charge in [0.1, 0.15) is 5.75 Å². The average molecular weight is 251 g/mol. The Morgan fingerprint density at radius 2 is 1.89 bits per heavy atom. The first kappa shape index (κ1) is 13.2. The molecule has 2 aromatic rings. The number of ether oxygens (including phenoxy) is 1. The summed E-state index contributed by atoms with van der Waals surface area (Å²) in [6, 6.07) is 16.1. The lowest BCUT2D eigenvalue weighted by Gasteiger charge is -2.11. The average Bonchev–Trinajstić information content (AvgIpc) is 2.46. The van der Waals surface area contributed by atoms with Crippen molar-refractivity contribution in [2.75, 3.05) is 7.11 Å². The molecule has 0 saturated heterocycles. The van der Waals surface area contributed by atoms with Gasteiger partial charge in [-0.2, -0.15) is 5.26 Å². The van der Waals surface area contributed by atoms with E-state index in [1.807, 2.05) is 12.1 Å². The predicted molar refractivity (Wildman–Crippen MR) is 77.2 cm³/mol. The van der Waals surface area contributed by atoms with E-state index < -0.39 is 0 Å². The molecule has 0 amide bonds. The number of rotatable bonds is 3. The van der Waals surface area contributed by atoms with Crippen LogP contribution >= 0.6 is 0 Å². The van der Waals surface area contributed by atoms with Crippen LogP contribution in [0.1, 0.15) is 30.9 Å². The van der Waals surface area contributed by atoms with E-state index in [1.54, 1.807) is 13.2 Å². The minimum absolute atomic E-state index is 0.490. The van der Waals surface area contributed by atoms with Crippen LogP contribution < -0.4 is 4.74 Å². The topological polar surface area (TPSA) is 33.0 Å². The van der Waals surface area contributed by atoms with Crippen LogP contribution in [0.3, 0.4) is 0 Å². The highest BCUT2D eigenvalue weighted by Gasteiger charge is 2.08. The number of hydrogen-bond donors (Lipinski definition) is 0. The zero-order chi connectivity index (χ0) is 13.8. The maximum atomic E-state index is 8.93. The third-order valence-corrected chi connectivity index (χ3v) is 3.19. The summed E-state index contributed by atoms with van der Waals surface area (Å²) in [7, 11) is 1.63. The number of hydrogen-bond acceptors (Lipinski definition) is 2. The Kier molecular flexibility index (Phi) is 3.87. The standard InChI is InChI=1S/C17H17NO/c1-12(2)14-5-4-6-15(10-14)16-8-7-13(11-18)9-17(16)19-3/h4-10,12H,1-3H3. The molecule has 0 N–H and O–H groups in total. The highest BCUT2D eigenvalue weighted by molar-refractivity contribution is 5.72. The van der Waals surface area contributed by atoms with Gasteiger partial charge in [0.15, 0.2) is 0 Å². The van der Waals surface area contributed by atoms with Crippen LogP contribution in [0.25, 0.3) is 11.1 Å². The van der Waals surface area contributed by atoms with Gasteiger partial charge in [-0.15, -0.1) is 0 Å². The molecule has 0 aliphatic carbocycles. The maximum absolute atomic E-state index is 8.93. The summed E-state index contributed by atoms with van der Waals surface area (Å²) >= 11 is 0. The second-order valence-electron chi connectivity index (χ2n) is 4.81. The SMILES string of the molecule is COc1cc(C#N)ccc1-c1cccc(C(C)C)c1. The Morgan fingerprint density at radius 1 is 1.11 bits per heavy atom. The van der Waals surface area contributed by atoms with Crippen LogP contribution in [0, 0.1) is 11.3 Å². The second kappa shape index (κ2) is 5.58. The lowest BCUT2D eigenvalue weighted by Crippen LogP contribution is -1.91. The minimum atomic E-state index is 0.490. The third kappa shape index (κ3) is 2.77. The number of benzene rings is 2. The van der Waals surface area contributed by atoms with Crippen LogP contribution in [-0.4, -0.2) is 7.11 Å². The molecule has 0 radical (unpaired) electrons. The lowest BCUT2D eigenvalue weighted by molar-refractivity contribution is 0.416. The van der Waals surface area contributed by atoms with E-state index in [2.05, 4.69) is 44.2 Å². The van der Waals surface area contributed by atoms with E-state index in [0.29, 0.717) is 11.5 Å². The first-order valence-corrected chi connectivity index (χ1v) is 6.34. The van der Waals surface area contributed by atoms with Crippen molar-refractivity contribution in [1.82, 2.24) is 0 Å². The first-order valence-electron chi connectivity index (χ1n) is 6.34. The zero-order valence-electron chi connectivity index (χ0n) is 11.5. The molecular weight excluding hydrogens is 234 g/mol. The van der Waals surface area contributed by atoms with Crippen molar-refractivity contribution in [2.24, 2.45) is 0 Å². The van der Waals surface area contributed by atoms with E-state index in [1.165, 1.54) is 5.56 Å². The largest absolute Gasteiger partial charge is 0.496 e. The molecule has 96 valence electrons. The fraction of sp³-hybridized carbons (Fsp3) is 0.235. The summed E-state index contributed by atoms with van der Waals surface area (Å²) in [6.07, 6.45) is 0. The molecule has 2 heteroatoms. The van der Waals surface area contributed by atoms with Crippen molar-refractivity contribution in [2.45, 2.75) is 19.8 Å². The first-order chi connectivity index (χ1) is 9.15. The molecule has 0 aliphatic heterocycles. The quantitative estimate of drug-likeness (QED) is 0.812. The molecule has 2 aromatic carbocycles. The van der Waals surface area contributed by atoms with Gasteiger partial charge in [0, 0.05) is 5.56 Å². The highest BCUT2D eigenvalue weighted by Crippen LogP contribution is 2.32. The Morgan fingerprint density at radius 3 is 2.53 bits per heavy atom. The molecule has 0 heterocycles. The summed E-state index contributed by atoms with van der Waals surface area (Å²) < 4.78 is 5.39. The van der Waals surface area contributed by atoms with E-state index in [4.69, 9.17) is 10.00 Å². The minimum Gasteiger partial charge on any atom is -0.496 e. The van der Waals surface area contributed by atoms with E-state index in [-0.39, 0.29) is 0 Å². The van der Waals surface area contributed by atoms with Gasteiger partial charge in [0.05, 0.1) is 18.7 Å². The molecule has 0 unspecified atom stereocenters. The number of methoxy groups -OCH3 is 1. The van der Waals surface area contributed by atoms with Crippen molar-refractivity contribution < 1.29 is 4.74 Å². The van der Waals surface area contributed by atoms with Gasteiger partial charge >= 0.3 is 0 Å². The molecule has 0 aliphatic rings. The Labute approximate surface area is 114 Å². The van der Waals surface area contributed by atoms with E-state index in [0.717, 1.165) is 16.9 Å². The van der Waals surface area contributed by atoms with Gasteiger partial charge in [0.2, 0.25) is 0 Å². The van der Waals surface area contributed by atoms with Crippen molar-refractivity contribution in [3.05, 3.63) is 53.6 Å². The molecule has 2 rings (SSSR count). The van der Waals surface area contributed by atoms with Gasteiger partial charge in [-0.25, -0.2) is 0 Å². The smallest absolute Gasteiger partial charge is 0.128 e. The van der Waals surface area contributed by atoms with Crippen LogP contribution in [0.4, 0.5) is 0 Å². The molecule has 0 spiro atoms. The van der Waals surface area contributed by atoms with Crippen molar-refractivity contribution >= 4 is 0 Å². The summed E-state index contributed by atoms with van der Waals surface area (Å²) in [4.78, 5) is 0. The molecule has 0 bridgehead atoms.